The zero-order valence-corrected chi connectivity index (χ0v) is 14.8. The molecule has 2 aliphatic rings. The number of fused-ring (bicyclic) bond motifs is 1. The third-order valence-electron chi connectivity index (χ3n) is 5.74. The lowest BCUT2D eigenvalue weighted by Crippen LogP contribution is -2.47. The van der Waals surface area contributed by atoms with Gasteiger partial charge in [0.25, 0.3) is 11.5 Å². The molecule has 132 valence electrons. The summed E-state index contributed by atoms with van der Waals surface area (Å²) in [5.74, 6) is -0.0467. The van der Waals surface area contributed by atoms with Crippen molar-refractivity contribution in [3.63, 3.8) is 0 Å². The Hall–Kier alpha value is -2.21. The van der Waals surface area contributed by atoms with Gasteiger partial charge in [0.15, 0.2) is 5.69 Å². The van der Waals surface area contributed by atoms with Gasteiger partial charge in [0.05, 0.1) is 5.39 Å². The standard InChI is InChI=1S/C19H24N4O2/c1-21-11-5-9-15(21)16-10-6-12-23(16)19(25)17-13-7-3-4-8-14(13)18(24)22(2)20-17/h3-4,7-8,15-16H,5-6,9-12H2,1-2H3/t15-,16-/m0/s1. The quantitative estimate of drug-likeness (QED) is 0.834. The largest absolute Gasteiger partial charge is 0.333 e. The summed E-state index contributed by atoms with van der Waals surface area (Å²) >= 11 is 0. The smallest absolute Gasteiger partial charge is 0.275 e. The maximum atomic E-state index is 13.3. The van der Waals surface area contributed by atoms with Gasteiger partial charge in [0.2, 0.25) is 0 Å². The van der Waals surface area contributed by atoms with Crippen LogP contribution in [0.15, 0.2) is 29.1 Å². The summed E-state index contributed by atoms with van der Waals surface area (Å²) < 4.78 is 1.28. The number of hydrogen-bond acceptors (Lipinski definition) is 4. The van der Waals surface area contributed by atoms with E-state index in [1.54, 1.807) is 13.1 Å². The normalized spacial score (nSPS) is 24.3. The number of likely N-dealkylation sites (N-methyl/N-ethyl adjacent to an activating group) is 1. The van der Waals surface area contributed by atoms with Gasteiger partial charge >= 0.3 is 0 Å². The van der Waals surface area contributed by atoms with E-state index < -0.39 is 0 Å². The van der Waals surface area contributed by atoms with Crippen LogP contribution in [0.3, 0.4) is 0 Å². The molecular formula is C19H24N4O2. The first-order chi connectivity index (χ1) is 12.1. The monoisotopic (exact) mass is 340 g/mol. The molecule has 3 heterocycles. The Morgan fingerprint density at radius 3 is 2.44 bits per heavy atom. The molecular weight excluding hydrogens is 316 g/mol. The Bertz CT molecular complexity index is 875. The van der Waals surface area contributed by atoms with E-state index in [2.05, 4.69) is 17.0 Å². The molecule has 0 unspecified atom stereocenters. The Labute approximate surface area is 147 Å². The van der Waals surface area contributed by atoms with E-state index >= 15 is 0 Å². The first-order valence-electron chi connectivity index (χ1n) is 9.05. The number of benzene rings is 1. The van der Waals surface area contributed by atoms with Crippen molar-refractivity contribution in [2.75, 3.05) is 20.1 Å². The maximum Gasteiger partial charge on any atom is 0.275 e. The fourth-order valence-electron chi connectivity index (χ4n) is 4.46. The van der Waals surface area contributed by atoms with Crippen molar-refractivity contribution in [3.8, 4) is 0 Å². The van der Waals surface area contributed by atoms with E-state index in [0.29, 0.717) is 22.5 Å². The molecule has 0 saturated carbocycles. The van der Waals surface area contributed by atoms with E-state index in [-0.39, 0.29) is 17.5 Å². The second-order valence-electron chi connectivity index (χ2n) is 7.22. The second kappa shape index (κ2) is 6.26. The number of carbonyl (C=O) groups excluding carboxylic acids is 1. The molecule has 2 aromatic rings. The van der Waals surface area contributed by atoms with E-state index in [4.69, 9.17) is 0 Å². The van der Waals surface area contributed by atoms with Gasteiger partial charge in [0, 0.05) is 31.1 Å². The molecule has 0 bridgehead atoms. The lowest BCUT2D eigenvalue weighted by Gasteiger charge is -2.33. The van der Waals surface area contributed by atoms with E-state index in [1.807, 2.05) is 23.1 Å². The van der Waals surface area contributed by atoms with Crippen molar-refractivity contribution < 1.29 is 4.79 Å². The van der Waals surface area contributed by atoms with Gasteiger partial charge < -0.3 is 9.80 Å². The average molecular weight is 340 g/mol. The minimum Gasteiger partial charge on any atom is -0.333 e. The molecule has 1 aromatic carbocycles. The molecule has 6 heteroatoms. The number of amides is 1. The molecule has 0 aliphatic carbocycles. The van der Waals surface area contributed by atoms with Gasteiger partial charge in [-0.1, -0.05) is 18.2 Å². The minimum atomic E-state index is -0.166. The Morgan fingerprint density at radius 1 is 1.04 bits per heavy atom. The van der Waals surface area contributed by atoms with Crippen molar-refractivity contribution in [1.82, 2.24) is 19.6 Å². The fraction of sp³-hybridized carbons (Fsp3) is 0.526. The highest BCUT2D eigenvalue weighted by molar-refractivity contribution is 6.05. The number of likely N-dealkylation sites (tertiary alicyclic amines) is 2. The van der Waals surface area contributed by atoms with Crippen molar-refractivity contribution in [2.24, 2.45) is 7.05 Å². The average Bonchev–Trinajstić information content (AvgIpc) is 3.26. The van der Waals surface area contributed by atoms with Crippen molar-refractivity contribution in [3.05, 3.63) is 40.3 Å². The van der Waals surface area contributed by atoms with Crippen LogP contribution in [0.2, 0.25) is 0 Å². The van der Waals surface area contributed by atoms with Crippen LogP contribution in [-0.4, -0.2) is 57.7 Å². The first kappa shape index (κ1) is 16.3. The van der Waals surface area contributed by atoms with Crippen LogP contribution < -0.4 is 5.56 Å². The summed E-state index contributed by atoms with van der Waals surface area (Å²) in [6.07, 6.45) is 4.42. The molecule has 0 N–H and O–H groups in total. The minimum absolute atomic E-state index is 0.0467. The van der Waals surface area contributed by atoms with Crippen molar-refractivity contribution in [2.45, 2.75) is 37.8 Å². The Balaban J connectivity index is 1.75. The summed E-state index contributed by atoms with van der Waals surface area (Å²) in [5, 5.41) is 5.53. The highest BCUT2D eigenvalue weighted by Crippen LogP contribution is 2.30. The molecule has 0 radical (unpaired) electrons. The third kappa shape index (κ3) is 2.65. The highest BCUT2D eigenvalue weighted by atomic mass is 16.2. The van der Waals surface area contributed by atoms with Gasteiger partial charge in [-0.05, 0) is 45.3 Å². The van der Waals surface area contributed by atoms with E-state index in [1.165, 1.54) is 11.1 Å². The predicted octanol–water partition coefficient (Wildman–Crippen LogP) is 1.63. The number of hydrogen-bond donors (Lipinski definition) is 0. The molecule has 6 nitrogen and oxygen atoms in total. The SMILES string of the molecule is CN1CCC[C@H]1[C@@H]1CCCN1C(=O)c1nn(C)c(=O)c2ccccc12. The number of rotatable bonds is 2. The van der Waals surface area contributed by atoms with Gasteiger partial charge in [-0.15, -0.1) is 0 Å². The second-order valence-corrected chi connectivity index (χ2v) is 7.22. The van der Waals surface area contributed by atoms with Gasteiger partial charge in [-0.2, -0.15) is 5.10 Å². The fourth-order valence-corrected chi connectivity index (χ4v) is 4.46. The van der Waals surface area contributed by atoms with Crippen LogP contribution in [0, 0.1) is 0 Å². The summed E-state index contributed by atoms with van der Waals surface area (Å²) in [6.45, 7) is 1.87. The lowest BCUT2D eigenvalue weighted by molar-refractivity contribution is 0.0658. The molecule has 25 heavy (non-hydrogen) atoms. The molecule has 2 fully saturated rings. The number of nitrogens with zero attached hydrogens (tertiary/aromatic N) is 4. The zero-order chi connectivity index (χ0) is 17.6. The lowest BCUT2D eigenvalue weighted by atomic mass is 10.0. The molecule has 2 aliphatic heterocycles. The molecule has 1 amide bonds. The van der Waals surface area contributed by atoms with Gasteiger partial charge in [-0.3, -0.25) is 9.59 Å². The summed E-state index contributed by atoms with van der Waals surface area (Å²) in [6, 6.07) is 7.95. The molecule has 2 saturated heterocycles. The zero-order valence-electron chi connectivity index (χ0n) is 14.8. The number of aryl methyl sites for hydroxylation is 1. The van der Waals surface area contributed by atoms with E-state index in [0.717, 1.165) is 32.4 Å². The van der Waals surface area contributed by atoms with Crippen LogP contribution in [0.4, 0.5) is 0 Å². The van der Waals surface area contributed by atoms with Crippen molar-refractivity contribution >= 4 is 16.7 Å². The predicted molar refractivity (Wildman–Crippen MR) is 96.7 cm³/mol. The Kier molecular flexibility index (Phi) is 4.07. The summed E-state index contributed by atoms with van der Waals surface area (Å²) in [5.41, 5.74) is 0.228. The molecule has 1 aromatic heterocycles. The third-order valence-corrected chi connectivity index (χ3v) is 5.74. The van der Waals surface area contributed by atoms with Crippen LogP contribution in [0.25, 0.3) is 10.8 Å². The number of carbonyl (C=O) groups is 1. The summed E-state index contributed by atoms with van der Waals surface area (Å²) in [7, 11) is 3.76. The van der Waals surface area contributed by atoms with Crippen LogP contribution in [-0.2, 0) is 7.05 Å². The molecule has 4 rings (SSSR count). The van der Waals surface area contributed by atoms with Crippen LogP contribution in [0.5, 0.6) is 0 Å². The first-order valence-corrected chi connectivity index (χ1v) is 9.05. The topological polar surface area (TPSA) is 58.4 Å². The van der Waals surface area contributed by atoms with Gasteiger partial charge in [0.1, 0.15) is 0 Å². The molecule has 2 atom stereocenters. The van der Waals surface area contributed by atoms with Crippen LogP contribution in [0.1, 0.15) is 36.2 Å². The van der Waals surface area contributed by atoms with Crippen LogP contribution >= 0.6 is 0 Å². The van der Waals surface area contributed by atoms with Crippen molar-refractivity contribution in [1.29, 1.82) is 0 Å². The summed E-state index contributed by atoms with van der Waals surface area (Å²) in [4.78, 5) is 30.0. The Morgan fingerprint density at radius 2 is 1.72 bits per heavy atom. The van der Waals surface area contributed by atoms with Gasteiger partial charge in [-0.25, -0.2) is 4.68 Å². The van der Waals surface area contributed by atoms with E-state index in [9.17, 15) is 9.59 Å². The molecule has 0 spiro atoms. The maximum absolute atomic E-state index is 13.3. The highest BCUT2D eigenvalue weighted by Gasteiger charge is 2.39. The number of aromatic nitrogens is 2.